The van der Waals surface area contributed by atoms with Gasteiger partial charge in [-0.2, -0.15) is 4.98 Å². The van der Waals surface area contributed by atoms with Crippen LogP contribution in [0.4, 0.5) is 0 Å². The van der Waals surface area contributed by atoms with Crippen molar-refractivity contribution in [1.82, 2.24) is 25.3 Å². The van der Waals surface area contributed by atoms with Crippen LogP contribution in [-0.4, -0.2) is 65.6 Å². The van der Waals surface area contributed by atoms with E-state index in [1.54, 1.807) is 0 Å². The van der Waals surface area contributed by atoms with Crippen LogP contribution in [0.2, 0.25) is 0 Å². The predicted molar refractivity (Wildman–Crippen MR) is 104 cm³/mol. The first-order chi connectivity index (χ1) is 12.7. The number of hydrogen-bond acceptors (Lipinski definition) is 6. The molecule has 0 radical (unpaired) electrons. The van der Waals surface area contributed by atoms with E-state index in [1.807, 2.05) is 35.2 Å². The molecule has 0 aliphatic carbocycles. The summed E-state index contributed by atoms with van der Waals surface area (Å²) < 4.78 is 5.57. The molecule has 7 nitrogen and oxygen atoms in total. The van der Waals surface area contributed by atoms with Crippen LogP contribution in [-0.2, 0) is 0 Å². The van der Waals surface area contributed by atoms with Gasteiger partial charge in [0.2, 0.25) is 5.89 Å². The molecule has 1 atom stereocenters. The third-order valence-corrected chi connectivity index (χ3v) is 5.42. The number of carbonyl (C=O) groups is 1. The minimum absolute atomic E-state index is 0. The van der Waals surface area contributed by atoms with Crippen molar-refractivity contribution in [2.45, 2.75) is 24.8 Å². The van der Waals surface area contributed by atoms with Crippen LogP contribution in [0.25, 0.3) is 0 Å². The third-order valence-electron chi connectivity index (χ3n) is 5.42. The second kappa shape index (κ2) is 8.82. The number of likely N-dealkylation sites (tertiary alicyclic amines) is 1. The zero-order valence-corrected chi connectivity index (χ0v) is 16.3. The van der Waals surface area contributed by atoms with Gasteiger partial charge in [-0.25, -0.2) is 0 Å². The maximum atomic E-state index is 12.6. The number of carbonyl (C=O) groups excluding carboxylic acids is 1. The topological polar surface area (TPSA) is 74.5 Å². The molecule has 2 aliphatic heterocycles. The second-order valence-corrected chi connectivity index (χ2v) is 7.12. The molecular weight excluding hydrogens is 366 g/mol. The Morgan fingerprint density at radius 3 is 2.63 bits per heavy atom. The minimum Gasteiger partial charge on any atom is -0.339 e. The maximum absolute atomic E-state index is 12.6. The largest absolute Gasteiger partial charge is 0.339 e. The number of halogens is 1. The average molecular weight is 392 g/mol. The summed E-state index contributed by atoms with van der Waals surface area (Å²) in [6.07, 6.45) is 1.72. The molecule has 1 aromatic carbocycles. The molecule has 3 heterocycles. The Morgan fingerprint density at radius 2 is 1.93 bits per heavy atom. The Bertz CT molecular complexity index is 746. The summed E-state index contributed by atoms with van der Waals surface area (Å²) in [6, 6.07) is 9.63. The van der Waals surface area contributed by atoms with E-state index in [1.165, 1.54) is 0 Å². The highest BCUT2D eigenvalue weighted by atomic mass is 35.5. The molecule has 0 spiro atoms. The van der Waals surface area contributed by atoms with Crippen LogP contribution >= 0.6 is 12.4 Å². The van der Waals surface area contributed by atoms with Crippen molar-refractivity contribution in [3.8, 4) is 0 Å². The quantitative estimate of drug-likeness (QED) is 0.863. The molecule has 2 saturated heterocycles. The number of piperidine rings is 1. The molecule has 27 heavy (non-hydrogen) atoms. The van der Waals surface area contributed by atoms with Gasteiger partial charge in [0.1, 0.15) is 0 Å². The van der Waals surface area contributed by atoms with Crippen LogP contribution in [0, 0.1) is 0 Å². The zero-order valence-electron chi connectivity index (χ0n) is 15.5. The number of likely N-dealkylation sites (N-methyl/N-ethyl adjacent to an activating group) is 1. The Kier molecular flexibility index (Phi) is 6.46. The monoisotopic (exact) mass is 391 g/mol. The fraction of sp³-hybridized carbons (Fsp3) is 0.526. The molecule has 2 fully saturated rings. The van der Waals surface area contributed by atoms with Crippen molar-refractivity contribution in [2.24, 2.45) is 0 Å². The molecule has 8 heteroatoms. The number of hydrogen-bond donors (Lipinski definition) is 1. The van der Waals surface area contributed by atoms with Crippen LogP contribution in [0.5, 0.6) is 0 Å². The smallest absolute Gasteiger partial charge is 0.253 e. The van der Waals surface area contributed by atoms with Gasteiger partial charge in [0.25, 0.3) is 5.91 Å². The van der Waals surface area contributed by atoms with Gasteiger partial charge in [-0.3, -0.25) is 9.69 Å². The molecule has 4 rings (SSSR count). The molecule has 1 amide bonds. The number of aromatic nitrogens is 2. The van der Waals surface area contributed by atoms with E-state index >= 15 is 0 Å². The van der Waals surface area contributed by atoms with Crippen molar-refractivity contribution >= 4 is 18.3 Å². The van der Waals surface area contributed by atoms with Gasteiger partial charge in [0.15, 0.2) is 5.82 Å². The predicted octanol–water partition coefficient (Wildman–Crippen LogP) is 2.09. The van der Waals surface area contributed by atoms with E-state index in [-0.39, 0.29) is 30.3 Å². The number of nitrogens with one attached hydrogen (secondary N) is 1. The third kappa shape index (κ3) is 4.31. The summed E-state index contributed by atoms with van der Waals surface area (Å²) in [5.41, 5.74) is 0.749. The normalized spacial score (nSPS) is 21.7. The van der Waals surface area contributed by atoms with Crippen molar-refractivity contribution in [2.75, 3.05) is 39.8 Å². The molecular formula is C19H26ClN5O2. The Labute approximate surface area is 165 Å². The fourth-order valence-electron chi connectivity index (χ4n) is 3.74. The molecule has 1 aromatic heterocycles. The number of piperazine rings is 1. The maximum Gasteiger partial charge on any atom is 0.253 e. The van der Waals surface area contributed by atoms with Gasteiger partial charge in [-0.05, 0) is 32.0 Å². The summed E-state index contributed by atoms with van der Waals surface area (Å²) in [4.78, 5) is 21.4. The fourth-order valence-corrected chi connectivity index (χ4v) is 3.74. The summed E-state index contributed by atoms with van der Waals surface area (Å²) in [5, 5.41) is 7.60. The molecule has 2 aromatic rings. The molecule has 1 N–H and O–H groups in total. The highest BCUT2D eigenvalue weighted by molar-refractivity contribution is 5.94. The van der Waals surface area contributed by atoms with E-state index in [4.69, 9.17) is 4.52 Å². The average Bonchev–Trinajstić information content (AvgIpc) is 3.18. The summed E-state index contributed by atoms with van der Waals surface area (Å²) in [7, 11) is 2.09. The van der Waals surface area contributed by atoms with Gasteiger partial charge < -0.3 is 14.7 Å². The number of benzene rings is 1. The lowest BCUT2D eigenvalue weighted by Crippen LogP contribution is -2.44. The molecule has 0 saturated carbocycles. The van der Waals surface area contributed by atoms with Crippen LogP contribution in [0.15, 0.2) is 34.9 Å². The van der Waals surface area contributed by atoms with Crippen molar-refractivity contribution < 1.29 is 9.32 Å². The molecule has 2 aliphatic rings. The summed E-state index contributed by atoms with van der Waals surface area (Å²) in [6.45, 7) is 4.27. The molecule has 0 bridgehead atoms. The summed E-state index contributed by atoms with van der Waals surface area (Å²) >= 11 is 0. The number of nitrogens with zero attached hydrogens (tertiary/aromatic N) is 4. The Hall–Kier alpha value is -1.96. The first kappa shape index (κ1) is 19.8. The lowest BCUT2D eigenvalue weighted by molar-refractivity contribution is 0.0704. The molecule has 146 valence electrons. The Balaban J connectivity index is 0.00000210. The molecule has 1 unspecified atom stereocenters. The second-order valence-electron chi connectivity index (χ2n) is 7.12. The minimum atomic E-state index is 0. The lowest BCUT2D eigenvalue weighted by Gasteiger charge is -2.31. The van der Waals surface area contributed by atoms with Gasteiger partial charge in [-0.15, -0.1) is 12.4 Å². The van der Waals surface area contributed by atoms with Crippen molar-refractivity contribution in [3.05, 3.63) is 47.6 Å². The van der Waals surface area contributed by atoms with E-state index < -0.39 is 0 Å². The number of rotatable bonds is 3. The van der Waals surface area contributed by atoms with Crippen LogP contribution < -0.4 is 5.32 Å². The van der Waals surface area contributed by atoms with Gasteiger partial charge in [-0.1, -0.05) is 23.4 Å². The van der Waals surface area contributed by atoms with Crippen molar-refractivity contribution in [3.63, 3.8) is 0 Å². The van der Waals surface area contributed by atoms with Crippen LogP contribution in [0.1, 0.15) is 46.9 Å². The lowest BCUT2D eigenvalue weighted by atomic mass is 9.96. The number of amides is 1. The SMILES string of the molecule is CN1CCNCC1c1noc(C2CCN(C(=O)c3ccccc3)CC2)n1.Cl. The van der Waals surface area contributed by atoms with E-state index in [0.29, 0.717) is 5.89 Å². The first-order valence-corrected chi connectivity index (χ1v) is 9.31. The van der Waals surface area contributed by atoms with E-state index in [9.17, 15) is 4.79 Å². The van der Waals surface area contributed by atoms with Crippen molar-refractivity contribution in [1.29, 1.82) is 0 Å². The van der Waals surface area contributed by atoms with Crippen LogP contribution in [0.3, 0.4) is 0 Å². The standard InChI is InChI=1S/C19H25N5O2.ClH/c1-23-12-9-20-13-16(23)17-21-18(26-22-17)14-7-10-24(11-8-14)19(25)15-5-3-2-4-6-15;/h2-6,14,16,20H,7-13H2,1H3;1H. The zero-order chi connectivity index (χ0) is 17.9. The van der Waals surface area contributed by atoms with E-state index in [2.05, 4.69) is 27.4 Å². The van der Waals surface area contributed by atoms with Gasteiger partial charge >= 0.3 is 0 Å². The Morgan fingerprint density at radius 1 is 1.19 bits per heavy atom. The highest BCUT2D eigenvalue weighted by Gasteiger charge is 2.30. The highest BCUT2D eigenvalue weighted by Crippen LogP contribution is 2.29. The summed E-state index contributed by atoms with van der Waals surface area (Å²) in [5.74, 6) is 1.81. The van der Waals surface area contributed by atoms with Gasteiger partial charge in [0, 0.05) is 44.2 Å². The van der Waals surface area contributed by atoms with E-state index in [0.717, 1.165) is 57.0 Å². The first-order valence-electron chi connectivity index (χ1n) is 9.31. The van der Waals surface area contributed by atoms with Gasteiger partial charge in [0.05, 0.1) is 6.04 Å².